The maximum atomic E-state index is 11.6. The van der Waals surface area contributed by atoms with Crippen LogP contribution in [0.5, 0.6) is 5.75 Å². The molecule has 0 radical (unpaired) electrons. The highest BCUT2D eigenvalue weighted by atomic mass is 32.2. The third kappa shape index (κ3) is 8.43. The predicted molar refractivity (Wildman–Crippen MR) is 138 cm³/mol. The number of aromatic hydroxyl groups is 1. The zero-order valence-corrected chi connectivity index (χ0v) is 21.7. The van der Waals surface area contributed by atoms with Gasteiger partial charge in [0.1, 0.15) is 11.4 Å². The number of phenolic OH excluding ortho intramolecular Hbond substituents is 1. The topological polar surface area (TPSA) is 62.7 Å². The molecule has 1 N–H and O–H groups in total. The second kappa shape index (κ2) is 12.1. The molecular weight excluding hydrogens is 432 g/mol. The quantitative estimate of drug-likeness (QED) is 0.383. The third-order valence-corrected chi connectivity index (χ3v) is 6.46. The summed E-state index contributed by atoms with van der Waals surface area (Å²) >= 11 is 1.67. The molecule has 2 unspecified atom stereocenters. The fraction of sp³-hybridized carbons (Fsp3) is 0.481. The molecule has 2 aromatic rings. The number of fused-ring (bicyclic) bond motifs is 1. The Hall–Kier alpha value is -2.47. The van der Waals surface area contributed by atoms with Gasteiger partial charge in [-0.1, -0.05) is 19.1 Å². The van der Waals surface area contributed by atoms with E-state index in [2.05, 4.69) is 11.9 Å². The molecule has 33 heavy (non-hydrogen) atoms. The normalized spacial score (nSPS) is 20.8. The molecule has 1 saturated carbocycles. The van der Waals surface area contributed by atoms with Crippen LogP contribution in [0, 0.1) is 17.8 Å². The van der Waals surface area contributed by atoms with Gasteiger partial charge in [-0.25, -0.2) is 4.79 Å². The Morgan fingerprint density at radius 3 is 2.09 bits per heavy atom. The highest BCUT2D eigenvalue weighted by Crippen LogP contribution is 2.51. The van der Waals surface area contributed by atoms with E-state index in [9.17, 15) is 4.79 Å². The van der Waals surface area contributed by atoms with Gasteiger partial charge >= 0.3 is 6.09 Å². The van der Waals surface area contributed by atoms with Crippen LogP contribution in [0.25, 0.3) is 11.3 Å². The fourth-order valence-corrected chi connectivity index (χ4v) is 3.97. The van der Waals surface area contributed by atoms with Gasteiger partial charge in [0.2, 0.25) is 0 Å². The SMILES string of the molecule is CC1C2CN(C(=O)OC(C)(C)C)CC12.CC=CC.CSc1ccc(-c2ccc(O)cc2)nc1. The number of piperidine rings is 1. The van der Waals surface area contributed by atoms with Crippen LogP contribution in [0.3, 0.4) is 0 Å². The monoisotopic (exact) mass is 470 g/mol. The summed E-state index contributed by atoms with van der Waals surface area (Å²) in [6.45, 7) is 13.8. The van der Waals surface area contributed by atoms with E-state index < -0.39 is 0 Å². The molecule has 5 nitrogen and oxygen atoms in total. The maximum absolute atomic E-state index is 11.6. The first-order valence-electron chi connectivity index (χ1n) is 11.4. The van der Waals surface area contributed by atoms with E-state index in [1.165, 1.54) is 0 Å². The number of allylic oxidation sites excluding steroid dienone is 2. The largest absolute Gasteiger partial charge is 0.508 e. The number of likely N-dealkylation sites (tertiary alicyclic amines) is 1. The first-order valence-corrected chi connectivity index (χ1v) is 12.7. The number of benzene rings is 1. The van der Waals surface area contributed by atoms with E-state index in [1.54, 1.807) is 23.9 Å². The molecule has 1 aromatic heterocycles. The molecule has 2 atom stereocenters. The molecule has 0 spiro atoms. The van der Waals surface area contributed by atoms with Crippen LogP contribution in [-0.2, 0) is 4.74 Å². The molecule has 0 bridgehead atoms. The summed E-state index contributed by atoms with van der Waals surface area (Å²) < 4.78 is 5.31. The van der Waals surface area contributed by atoms with Crippen molar-refractivity contribution in [3.8, 4) is 17.0 Å². The Balaban J connectivity index is 0.000000202. The number of carbonyl (C=O) groups excluding carboxylic acids is 1. The minimum absolute atomic E-state index is 0.142. The third-order valence-electron chi connectivity index (χ3n) is 5.74. The van der Waals surface area contributed by atoms with Crippen LogP contribution in [0.1, 0.15) is 41.5 Å². The lowest BCUT2D eigenvalue weighted by atomic mass is 10.1. The van der Waals surface area contributed by atoms with E-state index in [-0.39, 0.29) is 17.4 Å². The van der Waals surface area contributed by atoms with Gasteiger partial charge in [-0.2, -0.15) is 0 Å². The summed E-state index contributed by atoms with van der Waals surface area (Å²) in [4.78, 5) is 19.0. The Kier molecular flexibility index (Phi) is 9.84. The number of rotatable bonds is 2. The average molecular weight is 471 g/mol. The lowest BCUT2D eigenvalue weighted by Crippen LogP contribution is -2.36. The zero-order chi connectivity index (χ0) is 24.6. The Morgan fingerprint density at radius 2 is 1.67 bits per heavy atom. The molecule has 1 saturated heterocycles. The van der Waals surface area contributed by atoms with Gasteiger partial charge in [-0.3, -0.25) is 4.98 Å². The molecule has 1 aliphatic carbocycles. The van der Waals surface area contributed by atoms with Crippen molar-refractivity contribution in [3.05, 3.63) is 54.7 Å². The second-order valence-corrected chi connectivity index (χ2v) is 10.2. The standard InChI is InChI=1S/C12H11NOS.C11H19NO2.C4H8/c1-15-11-6-7-12(13-8-11)9-2-4-10(14)5-3-9;1-7-8-5-12(6-9(7)8)10(13)14-11(2,3)4;1-3-4-2/h2-8,14H,1H3;7-9H,5-6H2,1-4H3;3-4H,1-2H3. The number of ether oxygens (including phenoxy) is 1. The lowest BCUT2D eigenvalue weighted by molar-refractivity contribution is 0.0267. The molecule has 1 aliphatic heterocycles. The summed E-state index contributed by atoms with van der Waals surface area (Å²) in [7, 11) is 0. The molecule has 1 amide bonds. The number of amides is 1. The van der Waals surface area contributed by atoms with E-state index in [0.717, 1.165) is 47.0 Å². The highest BCUT2D eigenvalue weighted by Gasteiger charge is 2.54. The molecule has 180 valence electrons. The number of hydrogen-bond acceptors (Lipinski definition) is 5. The first-order chi connectivity index (χ1) is 15.6. The van der Waals surface area contributed by atoms with Gasteiger partial charge in [0.25, 0.3) is 0 Å². The van der Waals surface area contributed by atoms with E-state index in [0.29, 0.717) is 0 Å². The number of nitrogens with zero attached hydrogens (tertiary/aromatic N) is 2. The van der Waals surface area contributed by atoms with Crippen molar-refractivity contribution >= 4 is 17.9 Å². The van der Waals surface area contributed by atoms with Crippen molar-refractivity contribution in [1.29, 1.82) is 0 Å². The van der Waals surface area contributed by atoms with Gasteiger partial charge in [0, 0.05) is 29.7 Å². The van der Waals surface area contributed by atoms with Crippen LogP contribution in [0.15, 0.2) is 59.6 Å². The van der Waals surface area contributed by atoms with Crippen LogP contribution in [0.2, 0.25) is 0 Å². The van der Waals surface area contributed by atoms with Crippen molar-refractivity contribution < 1.29 is 14.6 Å². The molecule has 6 heteroatoms. The maximum Gasteiger partial charge on any atom is 0.410 e. The van der Waals surface area contributed by atoms with Crippen molar-refractivity contribution in [2.75, 3.05) is 19.3 Å². The summed E-state index contributed by atoms with van der Waals surface area (Å²) in [5, 5.41) is 9.16. The van der Waals surface area contributed by atoms with Crippen molar-refractivity contribution in [2.45, 2.75) is 52.0 Å². The number of pyridine rings is 1. The van der Waals surface area contributed by atoms with E-state index in [1.807, 2.05) is 88.4 Å². The minimum atomic E-state index is -0.366. The molecule has 2 heterocycles. The predicted octanol–water partition coefficient (Wildman–Crippen LogP) is 6.88. The van der Waals surface area contributed by atoms with Crippen LogP contribution >= 0.6 is 11.8 Å². The molecule has 2 aliphatic rings. The van der Waals surface area contributed by atoms with Crippen molar-refractivity contribution in [2.24, 2.45) is 17.8 Å². The Labute approximate surface area is 203 Å². The minimum Gasteiger partial charge on any atom is -0.508 e. The number of thioether (sulfide) groups is 1. The Bertz CT molecular complexity index is 888. The number of phenols is 1. The van der Waals surface area contributed by atoms with Crippen LogP contribution in [-0.4, -0.2) is 46.0 Å². The smallest absolute Gasteiger partial charge is 0.410 e. The molecule has 2 fully saturated rings. The second-order valence-electron chi connectivity index (χ2n) is 9.37. The molecule has 1 aromatic carbocycles. The fourth-order valence-electron chi connectivity index (χ4n) is 3.60. The van der Waals surface area contributed by atoms with Gasteiger partial charge in [-0.05, 0) is 95.0 Å². The summed E-state index contributed by atoms with van der Waals surface area (Å²) in [6, 6.07) is 11.1. The number of hydrogen-bond donors (Lipinski definition) is 1. The average Bonchev–Trinajstić information content (AvgIpc) is 3.18. The van der Waals surface area contributed by atoms with E-state index in [4.69, 9.17) is 9.84 Å². The first kappa shape index (κ1) is 26.8. The number of carbonyl (C=O) groups is 1. The summed E-state index contributed by atoms with van der Waals surface area (Å²) in [5.41, 5.74) is 1.57. The Morgan fingerprint density at radius 1 is 1.09 bits per heavy atom. The van der Waals surface area contributed by atoms with Crippen LogP contribution < -0.4 is 0 Å². The van der Waals surface area contributed by atoms with Crippen molar-refractivity contribution in [3.63, 3.8) is 0 Å². The zero-order valence-electron chi connectivity index (χ0n) is 20.9. The van der Waals surface area contributed by atoms with Gasteiger partial charge in [0.05, 0.1) is 5.69 Å². The van der Waals surface area contributed by atoms with Gasteiger partial charge in [0.15, 0.2) is 0 Å². The molecular formula is C27H38N2O3S. The van der Waals surface area contributed by atoms with E-state index >= 15 is 0 Å². The van der Waals surface area contributed by atoms with Gasteiger partial charge < -0.3 is 14.7 Å². The van der Waals surface area contributed by atoms with Gasteiger partial charge in [-0.15, -0.1) is 11.8 Å². The summed E-state index contributed by atoms with van der Waals surface area (Å²) in [6.07, 6.45) is 7.74. The highest BCUT2D eigenvalue weighted by molar-refractivity contribution is 7.98. The summed E-state index contributed by atoms with van der Waals surface area (Å²) in [5.74, 6) is 2.61. The number of aromatic nitrogens is 1. The van der Waals surface area contributed by atoms with Crippen LogP contribution in [0.4, 0.5) is 4.79 Å². The lowest BCUT2D eigenvalue weighted by Gasteiger charge is -2.25. The van der Waals surface area contributed by atoms with Crippen molar-refractivity contribution in [1.82, 2.24) is 9.88 Å². The molecule has 4 rings (SSSR count).